The summed E-state index contributed by atoms with van der Waals surface area (Å²) in [5, 5.41) is 11.5. The van der Waals surface area contributed by atoms with Crippen molar-refractivity contribution < 1.29 is 9.90 Å². The predicted molar refractivity (Wildman–Crippen MR) is 61.7 cm³/mol. The van der Waals surface area contributed by atoms with Crippen LogP contribution in [0.3, 0.4) is 0 Å². The highest BCUT2D eigenvalue weighted by atomic mass is 32.2. The van der Waals surface area contributed by atoms with Crippen molar-refractivity contribution in [3.63, 3.8) is 0 Å². The third-order valence-corrected chi connectivity index (χ3v) is 2.86. The number of aliphatic carboxylic acids is 1. The highest BCUT2D eigenvalue weighted by Crippen LogP contribution is 2.26. The number of rotatable bonds is 2. The smallest absolute Gasteiger partial charge is 0.330 e. The minimum absolute atomic E-state index is 0.439. The van der Waals surface area contributed by atoms with Crippen molar-refractivity contribution >= 4 is 22.9 Å². The zero-order chi connectivity index (χ0) is 11.9. The molecule has 0 bridgehead atoms. The third-order valence-electron chi connectivity index (χ3n) is 2.22. The quantitative estimate of drug-likeness (QED) is 0.745. The molecular weight excluding hydrogens is 214 g/mol. The predicted octanol–water partition coefficient (Wildman–Crippen LogP) is 1.12. The number of carboxylic acids is 1. The van der Waals surface area contributed by atoms with E-state index in [1.807, 2.05) is 20.1 Å². The van der Waals surface area contributed by atoms with Crippen molar-refractivity contribution in [2.75, 3.05) is 6.26 Å². The first kappa shape index (κ1) is 12.3. The number of thioether (sulfide) groups is 1. The molecule has 1 aliphatic heterocycles. The fourth-order valence-corrected chi connectivity index (χ4v) is 2.02. The van der Waals surface area contributed by atoms with Gasteiger partial charge in [0.25, 0.3) is 0 Å². The first-order valence-electron chi connectivity index (χ1n) is 4.66. The number of hydrazine groups is 1. The van der Waals surface area contributed by atoms with Gasteiger partial charge in [-0.3, -0.25) is 5.01 Å². The Kier molecular flexibility index (Phi) is 3.02. The maximum Gasteiger partial charge on any atom is 0.330 e. The van der Waals surface area contributed by atoms with E-state index in [-0.39, 0.29) is 0 Å². The van der Waals surface area contributed by atoms with Crippen LogP contribution in [0.15, 0.2) is 4.99 Å². The molecule has 0 aromatic heterocycles. The van der Waals surface area contributed by atoms with Crippen LogP contribution in [0.5, 0.6) is 0 Å². The first-order valence-corrected chi connectivity index (χ1v) is 5.88. The summed E-state index contributed by atoms with van der Waals surface area (Å²) in [6.45, 7) is 7.10. The largest absolute Gasteiger partial charge is 0.479 e. The van der Waals surface area contributed by atoms with E-state index in [9.17, 15) is 4.79 Å². The van der Waals surface area contributed by atoms with Crippen molar-refractivity contribution in [3.8, 4) is 0 Å². The summed E-state index contributed by atoms with van der Waals surface area (Å²) in [6, 6.07) is 0. The monoisotopic (exact) mass is 231 g/mol. The van der Waals surface area contributed by atoms with Gasteiger partial charge < -0.3 is 5.11 Å². The van der Waals surface area contributed by atoms with Crippen LogP contribution in [0.4, 0.5) is 0 Å². The van der Waals surface area contributed by atoms with Gasteiger partial charge in [0.1, 0.15) is 11.2 Å². The van der Waals surface area contributed by atoms with Gasteiger partial charge >= 0.3 is 5.97 Å². The van der Waals surface area contributed by atoms with Gasteiger partial charge in [-0.05, 0) is 34.0 Å². The van der Waals surface area contributed by atoms with Crippen LogP contribution in [0.2, 0.25) is 0 Å². The normalized spacial score (nSPS) is 20.3. The lowest BCUT2D eigenvalue weighted by Crippen LogP contribution is -2.58. The van der Waals surface area contributed by atoms with Crippen molar-refractivity contribution in [3.05, 3.63) is 0 Å². The Bertz CT molecular complexity index is 312. The number of aliphatic imine (C=N–C) groups is 1. The number of hydrogen-bond donors (Lipinski definition) is 2. The van der Waals surface area contributed by atoms with E-state index in [0.29, 0.717) is 5.17 Å². The standard InChI is InChI=1S/C9H17N3O2S/c1-8(2,6(13)14)12-7(15-5)10-9(3,4)11-12/h11H,1-5H3,(H,13,14). The molecular formula is C9H17N3O2S. The molecule has 1 rings (SSSR count). The molecule has 0 radical (unpaired) electrons. The van der Waals surface area contributed by atoms with E-state index >= 15 is 0 Å². The lowest BCUT2D eigenvalue weighted by molar-refractivity contribution is -0.148. The molecule has 0 saturated carbocycles. The average molecular weight is 231 g/mol. The first-order chi connectivity index (χ1) is 6.70. The van der Waals surface area contributed by atoms with E-state index in [1.54, 1.807) is 18.9 Å². The summed E-state index contributed by atoms with van der Waals surface area (Å²) in [7, 11) is 0. The molecule has 15 heavy (non-hydrogen) atoms. The molecule has 2 N–H and O–H groups in total. The molecule has 6 heteroatoms. The van der Waals surface area contributed by atoms with Crippen LogP contribution in [0.1, 0.15) is 27.7 Å². The maximum atomic E-state index is 11.1. The van der Waals surface area contributed by atoms with Gasteiger partial charge in [-0.1, -0.05) is 11.8 Å². The average Bonchev–Trinajstić information content (AvgIpc) is 2.41. The molecule has 0 unspecified atom stereocenters. The van der Waals surface area contributed by atoms with Crippen LogP contribution in [0, 0.1) is 0 Å². The summed E-state index contributed by atoms with van der Waals surface area (Å²) in [5.74, 6) is -0.880. The van der Waals surface area contributed by atoms with Gasteiger partial charge in [0.05, 0.1) is 0 Å². The number of nitrogens with one attached hydrogen (secondary N) is 1. The van der Waals surface area contributed by atoms with E-state index in [2.05, 4.69) is 10.4 Å². The van der Waals surface area contributed by atoms with Gasteiger partial charge in [0.15, 0.2) is 5.17 Å². The topological polar surface area (TPSA) is 64.9 Å². The van der Waals surface area contributed by atoms with Gasteiger partial charge in [0.2, 0.25) is 0 Å². The fourth-order valence-electron chi connectivity index (χ4n) is 1.25. The van der Waals surface area contributed by atoms with Crippen LogP contribution < -0.4 is 5.43 Å². The van der Waals surface area contributed by atoms with Gasteiger partial charge in [0, 0.05) is 0 Å². The Morgan fingerprint density at radius 2 is 2.13 bits per heavy atom. The number of amidine groups is 1. The minimum atomic E-state index is -1.00. The van der Waals surface area contributed by atoms with Crippen LogP contribution in [0.25, 0.3) is 0 Å². The highest BCUT2D eigenvalue weighted by Gasteiger charge is 2.43. The molecule has 0 fully saturated rings. The van der Waals surface area contributed by atoms with Crippen molar-refractivity contribution in [2.24, 2.45) is 4.99 Å². The van der Waals surface area contributed by atoms with Crippen LogP contribution >= 0.6 is 11.8 Å². The van der Waals surface area contributed by atoms with Crippen LogP contribution in [-0.2, 0) is 4.79 Å². The minimum Gasteiger partial charge on any atom is -0.479 e. The second kappa shape index (κ2) is 3.68. The molecule has 0 spiro atoms. The SMILES string of the molecule is CSC1=NC(C)(C)NN1C(C)(C)C(=O)O. The molecule has 1 heterocycles. The zero-order valence-electron chi connectivity index (χ0n) is 9.66. The number of nitrogens with zero attached hydrogens (tertiary/aromatic N) is 2. The molecule has 86 valence electrons. The Labute approximate surface area is 93.9 Å². The lowest BCUT2D eigenvalue weighted by Gasteiger charge is -2.34. The Balaban J connectivity index is 3.00. The van der Waals surface area contributed by atoms with Gasteiger partial charge in [-0.15, -0.1) is 0 Å². The molecule has 0 aromatic carbocycles. The van der Waals surface area contributed by atoms with E-state index in [1.165, 1.54) is 11.8 Å². The molecule has 0 aromatic rings. The molecule has 0 saturated heterocycles. The summed E-state index contributed by atoms with van der Waals surface area (Å²) >= 11 is 1.44. The third kappa shape index (κ3) is 2.26. The number of carbonyl (C=O) groups is 1. The van der Waals surface area contributed by atoms with Crippen molar-refractivity contribution in [1.29, 1.82) is 0 Å². The van der Waals surface area contributed by atoms with Crippen molar-refractivity contribution in [2.45, 2.75) is 38.9 Å². The van der Waals surface area contributed by atoms with E-state index in [4.69, 9.17) is 5.11 Å². The molecule has 0 amide bonds. The summed E-state index contributed by atoms with van der Waals surface area (Å²) in [5.41, 5.74) is 1.64. The van der Waals surface area contributed by atoms with E-state index in [0.717, 1.165) is 0 Å². The molecule has 5 nitrogen and oxygen atoms in total. The second-order valence-electron chi connectivity index (χ2n) is 4.47. The second-order valence-corrected chi connectivity index (χ2v) is 5.24. The molecule has 0 aliphatic carbocycles. The summed E-state index contributed by atoms with van der Waals surface area (Å²) in [6.07, 6.45) is 1.88. The number of carboxylic acid groups (broad SMARTS) is 1. The Morgan fingerprint density at radius 3 is 2.53 bits per heavy atom. The molecule has 0 atom stereocenters. The summed E-state index contributed by atoms with van der Waals surface area (Å²) < 4.78 is 0. The summed E-state index contributed by atoms with van der Waals surface area (Å²) in [4.78, 5) is 15.5. The highest BCUT2D eigenvalue weighted by molar-refractivity contribution is 8.13. The van der Waals surface area contributed by atoms with Crippen molar-refractivity contribution in [1.82, 2.24) is 10.4 Å². The zero-order valence-corrected chi connectivity index (χ0v) is 10.5. The maximum absolute atomic E-state index is 11.1. The van der Waals surface area contributed by atoms with Gasteiger partial charge in [-0.25, -0.2) is 15.2 Å². The fraction of sp³-hybridized carbons (Fsp3) is 0.778. The van der Waals surface area contributed by atoms with E-state index < -0.39 is 17.2 Å². The Morgan fingerprint density at radius 1 is 1.60 bits per heavy atom. The lowest BCUT2D eigenvalue weighted by atomic mass is 10.1. The van der Waals surface area contributed by atoms with Gasteiger partial charge in [-0.2, -0.15) is 0 Å². The Hall–Kier alpha value is -0.750. The molecule has 1 aliphatic rings. The number of hydrogen-bond acceptors (Lipinski definition) is 5. The van der Waals surface area contributed by atoms with Crippen LogP contribution in [-0.4, -0.2) is 38.7 Å².